The minimum absolute atomic E-state index is 0.103. The average molecular weight is 408 g/mol. The fraction of sp³-hybridized carbons (Fsp3) is 0.263. The largest absolute Gasteiger partial charge is 0.490 e. The number of ether oxygens (including phenoxy) is 2. The molecule has 0 bridgehead atoms. The van der Waals surface area contributed by atoms with Gasteiger partial charge in [0.05, 0.1) is 6.10 Å². The van der Waals surface area contributed by atoms with Gasteiger partial charge in [-0.1, -0.05) is 30.4 Å². The van der Waals surface area contributed by atoms with Crippen molar-refractivity contribution in [3.8, 4) is 11.5 Å². The van der Waals surface area contributed by atoms with Crippen LogP contribution in [0.1, 0.15) is 18.1 Å². The molecule has 0 aliphatic carbocycles. The number of benzene rings is 2. The number of rotatable bonds is 7. The highest BCUT2D eigenvalue weighted by Crippen LogP contribution is 2.22. The second-order valence-electron chi connectivity index (χ2n) is 5.30. The summed E-state index contributed by atoms with van der Waals surface area (Å²) < 4.78 is 12.8. The summed E-state index contributed by atoms with van der Waals surface area (Å²) in [7, 11) is 0. The molecule has 116 valence electrons. The highest BCUT2D eigenvalue weighted by atomic mass is 127. The fourth-order valence-corrected chi connectivity index (χ4v) is 2.71. The standard InChI is InChI=1S/C19H21IO2/c1-4-11-21-18-9-10-19(20)16(13-18)12-15(3)22-17-7-5-14(2)6-8-17/h4-10,13,15H,1,11-12H2,2-3H3. The molecule has 0 aromatic heterocycles. The third-order valence-corrected chi connectivity index (χ3v) is 4.30. The zero-order chi connectivity index (χ0) is 15.9. The van der Waals surface area contributed by atoms with E-state index < -0.39 is 0 Å². The van der Waals surface area contributed by atoms with Crippen molar-refractivity contribution in [2.75, 3.05) is 6.61 Å². The first-order valence-corrected chi connectivity index (χ1v) is 8.42. The molecule has 2 rings (SSSR count). The summed E-state index contributed by atoms with van der Waals surface area (Å²) in [6.45, 7) is 8.36. The second kappa shape index (κ2) is 8.22. The van der Waals surface area contributed by atoms with Gasteiger partial charge >= 0.3 is 0 Å². The normalized spacial score (nSPS) is 11.8. The van der Waals surface area contributed by atoms with E-state index in [9.17, 15) is 0 Å². The van der Waals surface area contributed by atoms with Crippen molar-refractivity contribution in [1.82, 2.24) is 0 Å². The Morgan fingerprint density at radius 2 is 1.82 bits per heavy atom. The molecule has 22 heavy (non-hydrogen) atoms. The molecule has 0 saturated carbocycles. The minimum atomic E-state index is 0.103. The van der Waals surface area contributed by atoms with Crippen LogP contribution >= 0.6 is 22.6 Å². The Bertz CT molecular complexity index is 620. The Kier molecular flexibility index (Phi) is 6.31. The molecule has 2 nitrogen and oxygen atoms in total. The maximum absolute atomic E-state index is 5.99. The summed E-state index contributed by atoms with van der Waals surface area (Å²) in [6.07, 6.45) is 2.70. The number of halogens is 1. The van der Waals surface area contributed by atoms with Gasteiger partial charge in [0, 0.05) is 9.99 Å². The summed E-state index contributed by atoms with van der Waals surface area (Å²) in [6, 6.07) is 14.3. The van der Waals surface area contributed by atoms with Gasteiger partial charge in [-0.25, -0.2) is 0 Å². The summed E-state index contributed by atoms with van der Waals surface area (Å²) >= 11 is 2.35. The quantitative estimate of drug-likeness (QED) is 0.465. The lowest BCUT2D eigenvalue weighted by atomic mass is 10.1. The predicted octanol–water partition coefficient (Wildman–Crippen LogP) is 5.17. The van der Waals surface area contributed by atoms with Crippen LogP contribution in [0.5, 0.6) is 11.5 Å². The second-order valence-corrected chi connectivity index (χ2v) is 6.46. The molecule has 2 aromatic carbocycles. The van der Waals surface area contributed by atoms with Gasteiger partial charge in [-0.05, 0) is 72.3 Å². The van der Waals surface area contributed by atoms with Crippen LogP contribution in [0.2, 0.25) is 0 Å². The third-order valence-electron chi connectivity index (χ3n) is 3.25. The van der Waals surface area contributed by atoms with E-state index in [-0.39, 0.29) is 6.10 Å². The maximum atomic E-state index is 5.99. The van der Waals surface area contributed by atoms with E-state index in [4.69, 9.17) is 9.47 Å². The maximum Gasteiger partial charge on any atom is 0.120 e. The SMILES string of the molecule is C=CCOc1ccc(I)c(CC(C)Oc2ccc(C)cc2)c1. The van der Waals surface area contributed by atoms with E-state index in [0.29, 0.717) is 6.61 Å². The molecular weight excluding hydrogens is 387 g/mol. The molecule has 0 aliphatic heterocycles. The van der Waals surface area contributed by atoms with Crippen molar-refractivity contribution >= 4 is 22.6 Å². The smallest absolute Gasteiger partial charge is 0.120 e. The summed E-state index contributed by atoms with van der Waals surface area (Å²) in [5.41, 5.74) is 2.48. The van der Waals surface area contributed by atoms with Gasteiger partial charge in [0.25, 0.3) is 0 Å². The Labute approximate surface area is 146 Å². The molecular formula is C19H21IO2. The van der Waals surface area contributed by atoms with E-state index in [1.165, 1.54) is 14.7 Å². The summed E-state index contributed by atoms with van der Waals surface area (Å²) in [5, 5.41) is 0. The van der Waals surface area contributed by atoms with E-state index in [1.807, 2.05) is 18.2 Å². The van der Waals surface area contributed by atoms with Crippen molar-refractivity contribution in [3.63, 3.8) is 0 Å². The van der Waals surface area contributed by atoms with Crippen LogP contribution < -0.4 is 9.47 Å². The topological polar surface area (TPSA) is 18.5 Å². The molecule has 0 N–H and O–H groups in total. The van der Waals surface area contributed by atoms with Gasteiger partial charge in [-0.15, -0.1) is 0 Å². The van der Waals surface area contributed by atoms with Crippen molar-refractivity contribution in [1.29, 1.82) is 0 Å². The Hall–Kier alpha value is -1.49. The molecule has 0 heterocycles. The number of hydrogen-bond donors (Lipinski definition) is 0. The molecule has 0 radical (unpaired) electrons. The lowest BCUT2D eigenvalue weighted by Gasteiger charge is -2.16. The van der Waals surface area contributed by atoms with Crippen molar-refractivity contribution < 1.29 is 9.47 Å². The molecule has 2 aromatic rings. The van der Waals surface area contributed by atoms with Crippen LogP contribution in [0.25, 0.3) is 0 Å². The van der Waals surface area contributed by atoms with Crippen molar-refractivity contribution in [3.05, 3.63) is 69.8 Å². The molecule has 0 saturated heterocycles. The van der Waals surface area contributed by atoms with Crippen LogP contribution in [0.3, 0.4) is 0 Å². The highest BCUT2D eigenvalue weighted by molar-refractivity contribution is 14.1. The van der Waals surface area contributed by atoms with Gasteiger partial charge < -0.3 is 9.47 Å². The third kappa shape index (κ3) is 5.05. The van der Waals surface area contributed by atoms with Gasteiger partial charge in [0.1, 0.15) is 18.1 Å². The summed E-state index contributed by atoms with van der Waals surface area (Å²) in [5.74, 6) is 1.78. The highest BCUT2D eigenvalue weighted by Gasteiger charge is 2.10. The molecule has 1 unspecified atom stereocenters. The molecule has 3 heteroatoms. The molecule has 0 fully saturated rings. The van der Waals surface area contributed by atoms with Gasteiger partial charge in [-0.2, -0.15) is 0 Å². The Morgan fingerprint density at radius 1 is 1.14 bits per heavy atom. The average Bonchev–Trinajstić information content (AvgIpc) is 2.50. The zero-order valence-corrected chi connectivity index (χ0v) is 15.2. The Morgan fingerprint density at radius 3 is 2.50 bits per heavy atom. The lowest BCUT2D eigenvalue weighted by molar-refractivity contribution is 0.221. The van der Waals surface area contributed by atoms with Gasteiger partial charge in [-0.3, -0.25) is 0 Å². The fourth-order valence-electron chi connectivity index (χ4n) is 2.15. The van der Waals surface area contributed by atoms with Crippen LogP contribution in [-0.2, 0) is 6.42 Å². The van der Waals surface area contributed by atoms with Crippen molar-refractivity contribution in [2.45, 2.75) is 26.4 Å². The van der Waals surface area contributed by atoms with Crippen LogP contribution in [0, 0.1) is 10.5 Å². The lowest BCUT2D eigenvalue weighted by Crippen LogP contribution is -2.15. The van der Waals surface area contributed by atoms with Crippen LogP contribution in [-0.4, -0.2) is 12.7 Å². The molecule has 0 spiro atoms. The van der Waals surface area contributed by atoms with Crippen molar-refractivity contribution in [2.24, 2.45) is 0 Å². The van der Waals surface area contributed by atoms with E-state index in [2.05, 4.69) is 67.3 Å². The summed E-state index contributed by atoms with van der Waals surface area (Å²) in [4.78, 5) is 0. The number of hydrogen-bond acceptors (Lipinski definition) is 2. The van der Waals surface area contributed by atoms with Gasteiger partial charge in [0.15, 0.2) is 0 Å². The monoisotopic (exact) mass is 408 g/mol. The first-order chi connectivity index (χ1) is 10.6. The number of aryl methyl sites for hydroxylation is 1. The zero-order valence-electron chi connectivity index (χ0n) is 13.0. The van der Waals surface area contributed by atoms with E-state index in [0.717, 1.165) is 17.9 Å². The van der Waals surface area contributed by atoms with E-state index >= 15 is 0 Å². The minimum Gasteiger partial charge on any atom is -0.490 e. The molecule has 1 atom stereocenters. The first-order valence-electron chi connectivity index (χ1n) is 7.34. The molecule has 0 aliphatic rings. The van der Waals surface area contributed by atoms with Crippen LogP contribution in [0.4, 0.5) is 0 Å². The van der Waals surface area contributed by atoms with Gasteiger partial charge in [0.2, 0.25) is 0 Å². The van der Waals surface area contributed by atoms with E-state index in [1.54, 1.807) is 6.08 Å². The first kappa shape index (κ1) is 16.9. The Balaban J connectivity index is 2.02. The molecule has 0 amide bonds. The predicted molar refractivity (Wildman–Crippen MR) is 99.8 cm³/mol. The van der Waals surface area contributed by atoms with Crippen LogP contribution in [0.15, 0.2) is 55.1 Å².